The first-order chi connectivity index (χ1) is 13.1. The SMILES string of the molecule is CCOC(=O)[C@H]1C(=O)C[C@](C)(O)[C@H](C(=O)OCC)[C@@H]1c1ccc(N(C)C)cc1. The number of hydrogen-bond acceptors (Lipinski definition) is 7. The number of aliphatic hydroxyl groups is 1. The molecule has 0 bridgehead atoms. The van der Waals surface area contributed by atoms with E-state index < -0.39 is 41.1 Å². The van der Waals surface area contributed by atoms with Gasteiger partial charge in [-0.3, -0.25) is 14.4 Å². The largest absolute Gasteiger partial charge is 0.466 e. The lowest BCUT2D eigenvalue weighted by molar-refractivity contribution is -0.172. The van der Waals surface area contributed by atoms with Crippen LogP contribution in [0.5, 0.6) is 0 Å². The third-order valence-corrected chi connectivity index (χ3v) is 5.14. The molecule has 1 aliphatic carbocycles. The van der Waals surface area contributed by atoms with Gasteiger partial charge in [0.15, 0.2) is 5.78 Å². The van der Waals surface area contributed by atoms with Gasteiger partial charge in [-0.2, -0.15) is 0 Å². The fourth-order valence-corrected chi connectivity index (χ4v) is 3.87. The number of carbonyl (C=O) groups is 3. The Morgan fingerprint density at radius 3 is 2.14 bits per heavy atom. The fourth-order valence-electron chi connectivity index (χ4n) is 3.87. The van der Waals surface area contributed by atoms with Gasteiger partial charge in [0.25, 0.3) is 0 Å². The molecule has 0 heterocycles. The van der Waals surface area contributed by atoms with E-state index in [9.17, 15) is 19.5 Å². The van der Waals surface area contributed by atoms with Crippen LogP contribution in [0.2, 0.25) is 0 Å². The van der Waals surface area contributed by atoms with Crippen LogP contribution in [0.4, 0.5) is 5.69 Å². The topological polar surface area (TPSA) is 93.1 Å². The molecule has 0 unspecified atom stereocenters. The van der Waals surface area contributed by atoms with E-state index in [2.05, 4.69) is 0 Å². The third-order valence-electron chi connectivity index (χ3n) is 5.14. The van der Waals surface area contributed by atoms with Crippen molar-refractivity contribution >= 4 is 23.4 Å². The maximum Gasteiger partial charge on any atom is 0.317 e. The number of benzene rings is 1. The van der Waals surface area contributed by atoms with Gasteiger partial charge < -0.3 is 19.5 Å². The molecule has 1 N–H and O–H groups in total. The number of carbonyl (C=O) groups excluding carboxylic acids is 3. The minimum atomic E-state index is -1.63. The maximum absolute atomic E-state index is 12.8. The number of rotatable bonds is 6. The Balaban J connectivity index is 2.59. The first-order valence-electron chi connectivity index (χ1n) is 9.49. The van der Waals surface area contributed by atoms with Crippen LogP contribution in [-0.4, -0.2) is 55.7 Å². The lowest BCUT2D eigenvalue weighted by Gasteiger charge is -2.43. The van der Waals surface area contributed by atoms with Crippen molar-refractivity contribution in [2.75, 3.05) is 32.2 Å². The summed E-state index contributed by atoms with van der Waals surface area (Å²) < 4.78 is 10.3. The van der Waals surface area contributed by atoms with Crippen molar-refractivity contribution in [1.29, 1.82) is 0 Å². The first-order valence-corrected chi connectivity index (χ1v) is 9.49. The molecule has 4 atom stereocenters. The average molecular weight is 391 g/mol. The molecule has 7 nitrogen and oxygen atoms in total. The number of anilines is 1. The Labute approximate surface area is 165 Å². The van der Waals surface area contributed by atoms with Crippen LogP contribution in [0.1, 0.15) is 38.7 Å². The molecule has 0 amide bonds. The zero-order chi connectivity index (χ0) is 21.1. The molecule has 28 heavy (non-hydrogen) atoms. The Hall–Kier alpha value is -2.41. The molecular weight excluding hydrogens is 362 g/mol. The Morgan fingerprint density at radius 1 is 1.11 bits per heavy atom. The van der Waals surface area contributed by atoms with Gasteiger partial charge in [-0.15, -0.1) is 0 Å². The molecule has 1 saturated carbocycles. The summed E-state index contributed by atoms with van der Waals surface area (Å²) in [6.45, 7) is 5.02. The number of hydrogen-bond donors (Lipinski definition) is 1. The number of ether oxygens (including phenoxy) is 2. The first kappa shape index (κ1) is 21.9. The number of ketones is 1. The molecule has 1 aromatic rings. The highest BCUT2D eigenvalue weighted by Gasteiger charge is 2.57. The van der Waals surface area contributed by atoms with Gasteiger partial charge in [0, 0.05) is 32.1 Å². The summed E-state index contributed by atoms with van der Waals surface area (Å²) in [5.74, 6) is -4.85. The van der Waals surface area contributed by atoms with Crippen molar-refractivity contribution in [3.8, 4) is 0 Å². The summed E-state index contributed by atoms with van der Waals surface area (Å²) in [6.07, 6.45) is -0.313. The minimum absolute atomic E-state index is 0.120. The van der Waals surface area contributed by atoms with Crippen molar-refractivity contribution in [2.24, 2.45) is 11.8 Å². The van der Waals surface area contributed by atoms with Crippen LogP contribution in [-0.2, 0) is 23.9 Å². The molecule has 1 aliphatic rings. The molecule has 154 valence electrons. The van der Waals surface area contributed by atoms with Crippen LogP contribution in [0.3, 0.4) is 0 Å². The Bertz CT molecular complexity index is 725. The summed E-state index contributed by atoms with van der Waals surface area (Å²) in [5, 5.41) is 10.9. The smallest absolute Gasteiger partial charge is 0.317 e. The van der Waals surface area contributed by atoms with Crippen molar-refractivity contribution < 1.29 is 29.0 Å². The van der Waals surface area contributed by atoms with Gasteiger partial charge in [0.05, 0.1) is 24.7 Å². The van der Waals surface area contributed by atoms with Crippen molar-refractivity contribution in [1.82, 2.24) is 0 Å². The van der Waals surface area contributed by atoms with Gasteiger partial charge in [-0.05, 0) is 38.5 Å². The predicted octanol–water partition coefficient (Wildman–Crippen LogP) is 1.92. The standard InChI is InChI=1S/C21H29NO6/c1-6-27-19(24)17-15(23)12-21(3,26)18(20(25)28-7-2)16(17)13-8-10-14(11-9-13)22(4)5/h8-11,16-18,26H,6-7,12H2,1-5H3/t16-,17+,18+,21+/m1/s1. The van der Waals surface area contributed by atoms with E-state index in [-0.39, 0.29) is 19.6 Å². The number of esters is 2. The maximum atomic E-state index is 12.8. The molecular formula is C21H29NO6. The van der Waals surface area contributed by atoms with Gasteiger partial charge in [0.2, 0.25) is 0 Å². The van der Waals surface area contributed by atoms with E-state index in [0.29, 0.717) is 5.56 Å². The third kappa shape index (κ3) is 4.35. The number of Topliss-reactive ketones (excluding diaryl/α,β-unsaturated/α-hetero) is 1. The van der Waals surface area contributed by atoms with E-state index in [1.165, 1.54) is 6.92 Å². The monoisotopic (exact) mass is 391 g/mol. The fraction of sp³-hybridized carbons (Fsp3) is 0.571. The van der Waals surface area contributed by atoms with Crippen molar-refractivity contribution in [2.45, 2.75) is 38.7 Å². The summed E-state index contributed by atoms with van der Waals surface area (Å²) in [4.78, 5) is 40.1. The zero-order valence-electron chi connectivity index (χ0n) is 17.1. The molecule has 2 rings (SSSR count). The second kappa shape index (κ2) is 8.73. The van der Waals surface area contributed by atoms with Crippen LogP contribution >= 0.6 is 0 Å². The molecule has 7 heteroatoms. The van der Waals surface area contributed by atoms with Gasteiger partial charge in [-0.1, -0.05) is 12.1 Å². The van der Waals surface area contributed by atoms with E-state index in [4.69, 9.17) is 9.47 Å². The van der Waals surface area contributed by atoms with E-state index in [1.807, 2.05) is 31.1 Å². The van der Waals surface area contributed by atoms with Crippen molar-refractivity contribution in [3.63, 3.8) is 0 Å². The quantitative estimate of drug-likeness (QED) is 0.585. The van der Waals surface area contributed by atoms with E-state index >= 15 is 0 Å². The highest BCUT2D eigenvalue weighted by Crippen LogP contribution is 2.46. The molecule has 1 aromatic carbocycles. The molecule has 0 aliphatic heterocycles. The Kier molecular flexibility index (Phi) is 6.82. The lowest BCUT2D eigenvalue weighted by atomic mass is 9.61. The molecule has 0 radical (unpaired) electrons. The molecule has 0 aromatic heterocycles. The summed E-state index contributed by atoms with van der Waals surface area (Å²) in [5.41, 5.74) is -0.0925. The van der Waals surface area contributed by atoms with Crippen LogP contribution in [0, 0.1) is 11.8 Å². The lowest BCUT2D eigenvalue weighted by Crippen LogP contribution is -2.55. The van der Waals surface area contributed by atoms with Crippen molar-refractivity contribution in [3.05, 3.63) is 29.8 Å². The van der Waals surface area contributed by atoms with Gasteiger partial charge in [-0.25, -0.2) is 0 Å². The predicted molar refractivity (Wildman–Crippen MR) is 104 cm³/mol. The second-order valence-corrected chi connectivity index (χ2v) is 7.47. The Morgan fingerprint density at radius 2 is 1.64 bits per heavy atom. The summed E-state index contributed by atoms with van der Waals surface area (Å²) in [7, 11) is 3.79. The molecule has 0 saturated heterocycles. The summed E-state index contributed by atoms with van der Waals surface area (Å²) >= 11 is 0. The second-order valence-electron chi connectivity index (χ2n) is 7.47. The average Bonchev–Trinajstić information content (AvgIpc) is 2.60. The van der Waals surface area contributed by atoms with Crippen LogP contribution in [0.25, 0.3) is 0 Å². The van der Waals surface area contributed by atoms with E-state index in [1.54, 1.807) is 26.0 Å². The highest BCUT2D eigenvalue weighted by molar-refractivity contribution is 6.02. The normalized spacial score (nSPS) is 27.2. The summed E-state index contributed by atoms with van der Waals surface area (Å²) in [6, 6.07) is 7.22. The minimum Gasteiger partial charge on any atom is -0.466 e. The highest BCUT2D eigenvalue weighted by atomic mass is 16.5. The van der Waals surface area contributed by atoms with Gasteiger partial charge >= 0.3 is 11.9 Å². The van der Waals surface area contributed by atoms with Gasteiger partial charge in [0.1, 0.15) is 5.92 Å². The zero-order valence-corrected chi connectivity index (χ0v) is 17.1. The molecule has 1 fully saturated rings. The van der Waals surface area contributed by atoms with E-state index in [0.717, 1.165) is 5.69 Å². The van der Waals surface area contributed by atoms with Crippen LogP contribution in [0.15, 0.2) is 24.3 Å². The number of nitrogens with zero attached hydrogens (tertiary/aromatic N) is 1. The van der Waals surface area contributed by atoms with Crippen LogP contribution < -0.4 is 4.90 Å². The molecule has 0 spiro atoms.